The molecular weight excluding hydrogens is 570 g/mol. The number of hydrogen-bond acceptors (Lipinski definition) is 8. The molecule has 0 spiro atoms. The summed E-state index contributed by atoms with van der Waals surface area (Å²) in [6, 6.07) is 12.2. The van der Waals surface area contributed by atoms with Gasteiger partial charge in [0.25, 0.3) is 10.0 Å². The van der Waals surface area contributed by atoms with Crippen LogP contribution in [0.15, 0.2) is 71.0 Å². The number of carbonyl (C=O) groups is 1. The number of sulfonamides is 2. The molecule has 2 aromatic carbocycles. The van der Waals surface area contributed by atoms with E-state index in [1.54, 1.807) is 43.1 Å². The Morgan fingerprint density at radius 3 is 2.51 bits per heavy atom. The van der Waals surface area contributed by atoms with E-state index in [9.17, 15) is 26.7 Å². The average Bonchev–Trinajstić information content (AvgIpc) is 3.40. The third-order valence-electron chi connectivity index (χ3n) is 7.01. The van der Waals surface area contributed by atoms with E-state index in [1.165, 1.54) is 52.7 Å². The summed E-state index contributed by atoms with van der Waals surface area (Å²) in [5, 5.41) is 9.69. The Bertz CT molecular complexity index is 1590. The second-order valence-corrected chi connectivity index (χ2v) is 14.0. The van der Waals surface area contributed by atoms with E-state index < -0.39 is 32.2 Å². The van der Waals surface area contributed by atoms with Crippen molar-refractivity contribution >= 4 is 31.6 Å². The third kappa shape index (κ3) is 6.89. The number of nitrogens with one attached hydrogen (secondary N) is 1. The van der Waals surface area contributed by atoms with Crippen LogP contribution in [-0.4, -0.2) is 85.5 Å². The molecule has 3 aromatic rings. The highest BCUT2D eigenvalue weighted by atomic mass is 32.2. The molecule has 0 saturated carbocycles. The van der Waals surface area contributed by atoms with Crippen molar-refractivity contribution in [2.45, 2.75) is 42.3 Å². The summed E-state index contributed by atoms with van der Waals surface area (Å²) in [7, 11) is -4.68. The molecule has 12 nitrogen and oxygen atoms in total. The summed E-state index contributed by atoms with van der Waals surface area (Å²) in [5.74, 6) is -0.270. The van der Waals surface area contributed by atoms with Crippen molar-refractivity contribution in [1.82, 2.24) is 18.8 Å². The van der Waals surface area contributed by atoms with E-state index in [2.05, 4.69) is 9.71 Å². The highest BCUT2D eigenvalue weighted by Crippen LogP contribution is 2.30. The fourth-order valence-electron chi connectivity index (χ4n) is 4.57. The smallest absolute Gasteiger partial charge is 0.280 e. The number of aromatic nitrogens is 2. The van der Waals surface area contributed by atoms with Gasteiger partial charge in [0.15, 0.2) is 5.03 Å². The van der Waals surface area contributed by atoms with Crippen molar-refractivity contribution in [3.63, 3.8) is 0 Å². The highest BCUT2D eigenvalue weighted by Gasteiger charge is 2.33. The van der Waals surface area contributed by atoms with Crippen LogP contribution in [0, 0.1) is 5.92 Å². The van der Waals surface area contributed by atoms with Gasteiger partial charge in [-0.25, -0.2) is 13.4 Å². The molecule has 0 aliphatic carbocycles. The first-order chi connectivity index (χ1) is 19.3. The molecule has 14 heteroatoms. The average molecular weight is 606 g/mol. The number of anilines is 1. The van der Waals surface area contributed by atoms with Crippen molar-refractivity contribution in [1.29, 1.82) is 0 Å². The number of aliphatic hydroxyl groups is 1. The summed E-state index contributed by atoms with van der Waals surface area (Å²) >= 11 is 0. The van der Waals surface area contributed by atoms with Crippen LogP contribution in [0.25, 0.3) is 0 Å². The van der Waals surface area contributed by atoms with Crippen LogP contribution in [0.5, 0.6) is 5.75 Å². The quantitative estimate of drug-likeness (QED) is 0.374. The molecule has 1 aliphatic heterocycles. The predicted molar refractivity (Wildman–Crippen MR) is 152 cm³/mol. The summed E-state index contributed by atoms with van der Waals surface area (Å²) in [6.45, 7) is 3.53. The van der Waals surface area contributed by atoms with Gasteiger partial charge in [-0.3, -0.25) is 9.52 Å². The van der Waals surface area contributed by atoms with Crippen LogP contribution in [0.3, 0.4) is 0 Å². The fraction of sp³-hybridized carbons (Fsp3) is 0.407. The zero-order chi connectivity index (χ0) is 29.9. The van der Waals surface area contributed by atoms with Crippen molar-refractivity contribution in [2.24, 2.45) is 13.0 Å². The molecule has 3 atom stereocenters. The minimum atomic E-state index is -3.99. The largest absolute Gasteiger partial charge is 0.488 e. The number of aliphatic hydroxyl groups excluding tert-OH is 1. The Hall–Kier alpha value is -3.46. The molecule has 4 rings (SSSR count). The summed E-state index contributed by atoms with van der Waals surface area (Å²) in [6.07, 6.45) is 1.95. The zero-order valence-corrected chi connectivity index (χ0v) is 25.0. The fourth-order valence-corrected chi connectivity index (χ4v) is 6.81. The number of rotatable bonds is 9. The topological polar surface area (TPSA) is 151 Å². The van der Waals surface area contributed by atoms with Gasteiger partial charge >= 0.3 is 0 Å². The van der Waals surface area contributed by atoms with Crippen molar-refractivity contribution in [3.8, 4) is 5.75 Å². The molecule has 222 valence electrons. The maximum atomic E-state index is 13.4. The van der Waals surface area contributed by atoms with Crippen molar-refractivity contribution in [3.05, 3.63) is 66.6 Å². The molecule has 1 aromatic heterocycles. The standard InChI is InChI=1S/C27H35N5O7S2/c1-19-14-32(20(2)17-33)27(34)13-21-12-22(29-40(35,36)26-16-30(3)18-28-26)10-11-24(21)39-25(19)15-31(4)41(37,38)23-8-6-5-7-9-23/h5-12,16,18-20,25,29,33H,13-15,17H2,1-4H3/t19-,20+,25+/m0/s1. The molecule has 0 saturated heterocycles. The summed E-state index contributed by atoms with van der Waals surface area (Å²) in [5.41, 5.74) is 0.624. The van der Waals surface area contributed by atoms with Gasteiger partial charge in [0.05, 0.1) is 36.8 Å². The first-order valence-electron chi connectivity index (χ1n) is 13.0. The molecule has 41 heavy (non-hydrogen) atoms. The van der Waals surface area contributed by atoms with Crippen LogP contribution < -0.4 is 9.46 Å². The first-order valence-corrected chi connectivity index (χ1v) is 16.0. The number of imidazole rings is 1. The second kappa shape index (κ2) is 12.2. The van der Waals surface area contributed by atoms with E-state index in [1.807, 2.05) is 6.92 Å². The van der Waals surface area contributed by atoms with E-state index in [-0.39, 0.29) is 53.6 Å². The molecule has 2 N–H and O–H groups in total. The summed E-state index contributed by atoms with van der Waals surface area (Å²) in [4.78, 5) is 19.0. The van der Waals surface area contributed by atoms with Crippen LogP contribution in [-0.2, 0) is 38.3 Å². The van der Waals surface area contributed by atoms with Crippen LogP contribution >= 0.6 is 0 Å². The molecule has 0 bridgehead atoms. The number of amides is 1. The van der Waals surface area contributed by atoms with E-state index in [0.717, 1.165) is 0 Å². The Balaban J connectivity index is 1.68. The van der Waals surface area contributed by atoms with Gasteiger partial charge in [0, 0.05) is 44.0 Å². The molecular formula is C27H35N5O7S2. The van der Waals surface area contributed by atoms with E-state index in [4.69, 9.17) is 4.74 Å². The van der Waals surface area contributed by atoms with Gasteiger partial charge in [-0.1, -0.05) is 25.1 Å². The van der Waals surface area contributed by atoms with Gasteiger partial charge in [-0.2, -0.15) is 12.7 Å². The van der Waals surface area contributed by atoms with Crippen molar-refractivity contribution < 1.29 is 31.5 Å². The number of hydrogen-bond donors (Lipinski definition) is 2. The van der Waals surface area contributed by atoms with Gasteiger partial charge in [0.1, 0.15) is 11.9 Å². The number of nitrogens with zero attached hydrogens (tertiary/aromatic N) is 4. The Kier molecular flexibility index (Phi) is 9.07. The van der Waals surface area contributed by atoms with E-state index >= 15 is 0 Å². The first kappa shape index (κ1) is 30.5. The van der Waals surface area contributed by atoms with Crippen LogP contribution in [0.2, 0.25) is 0 Å². The Labute approximate surface area is 240 Å². The maximum Gasteiger partial charge on any atom is 0.280 e. The minimum Gasteiger partial charge on any atom is -0.488 e. The lowest BCUT2D eigenvalue weighted by Gasteiger charge is -2.33. The number of benzene rings is 2. The Morgan fingerprint density at radius 1 is 1.17 bits per heavy atom. The van der Waals surface area contributed by atoms with Crippen molar-refractivity contribution in [2.75, 3.05) is 31.5 Å². The number of ether oxygens (including phenoxy) is 1. The van der Waals surface area contributed by atoms with Gasteiger partial charge in [-0.15, -0.1) is 0 Å². The lowest BCUT2D eigenvalue weighted by atomic mass is 10.0. The summed E-state index contributed by atoms with van der Waals surface area (Å²) < 4.78 is 63.8. The maximum absolute atomic E-state index is 13.4. The molecule has 0 fully saturated rings. The number of aryl methyl sites for hydroxylation is 1. The highest BCUT2D eigenvalue weighted by molar-refractivity contribution is 7.92. The van der Waals surface area contributed by atoms with Gasteiger partial charge in [-0.05, 0) is 37.3 Å². The zero-order valence-electron chi connectivity index (χ0n) is 23.3. The molecule has 0 radical (unpaired) electrons. The van der Waals surface area contributed by atoms with Gasteiger partial charge < -0.3 is 19.3 Å². The third-order valence-corrected chi connectivity index (χ3v) is 10.1. The van der Waals surface area contributed by atoms with Crippen LogP contribution in [0.4, 0.5) is 5.69 Å². The Morgan fingerprint density at radius 2 is 1.88 bits per heavy atom. The molecule has 2 heterocycles. The van der Waals surface area contributed by atoms with E-state index in [0.29, 0.717) is 11.3 Å². The number of likely N-dealkylation sites (N-methyl/N-ethyl adjacent to an activating group) is 1. The lowest BCUT2D eigenvalue weighted by molar-refractivity contribution is -0.134. The SMILES string of the molecule is C[C@H](CO)N1C[C@H](C)[C@@H](CN(C)S(=O)(=O)c2ccccc2)Oc2ccc(NS(=O)(=O)c3cn(C)cn3)cc2CC1=O. The predicted octanol–water partition coefficient (Wildman–Crippen LogP) is 1.69. The number of carbonyl (C=O) groups excluding carboxylic acids is 1. The lowest BCUT2D eigenvalue weighted by Crippen LogP contribution is -2.48. The molecule has 0 unspecified atom stereocenters. The number of fused-ring (bicyclic) bond motifs is 1. The second-order valence-electron chi connectivity index (χ2n) is 10.3. The monoisotopic (exact) mass is 605 g/mol. The van der Waals surface area contributed by atoms with Crippen LogP contribution in [0.1, 0.15) is 19.4 Å². The molecule has 1 amide bonds. The normalized spacial score (nSPS) is 19.1. The molecule has 1 aliphatic rings. The van der Waals surface area contributed by atoms with Gasteiger partial charge in [0.2, 0.25) is 15.9 Å². The minimum absolute atomic E-state index is 0.0125.